The fourth-order valence-corrected chi connectivity index (χ4v) is 6.11. The summed E-state index contributed by atoms with van der Waals surface area (Å²) in [7, 11) is 0. The topological polar surface area (TPSA) is 111 Å². The van der Waals surface area contributed by atoms with Gasteiger partial charge in [0.2, 0.25) is 5.95 Å². The number of nitrogens with two attached hydrogens (primary N) is 1. The number of benzene rings is 1. The standard InChI is InChI=1S/C29H35F2N9O/c1-19-12-26(36-28(35-19)40-17-25(33)29(30,31)18-40)38-10-8-37(9-11-38)15-22-16-39(14-20(2)41-22)24-6-5-21(13-32)27-23(24)4-3-7-34-27/h3-7,12,20,22,25H,8-11,14-18,33H2,1-2H3/t20-,22+,25?/m1/s1. The van der Waals surface area contributed by atoms with E-state index in [0.29, 0.717) is 11.5 Å². The summed E-state index contributed by atoms with van der Waals surface area (Å²) in [5, 5.41) is 10.5. The van der Waals surface area contributed by atoms with E-state index in [9.17, 15) is 14.0 Å². The highest BCUT2D eigenvalue weighted by Crippen LogP contribution is 2.32. The van der Waals surface area contributed by atoms with Gasteiger partial charge in [-0.25, -0.2) is 13.8 Å². The highest BCUT2D eigenvalue weighted by atomic mass is 19.3. The third-order valence-corrected chi connectivity index (χ3v) is 8.17. The normalized spacial score (nSPS) is 25.1. The van der Waals surface area contributed by atoms with E-state index in [2.05, 4.69) is 42.6 Å². The van der Waals surface area contributed by atoms with Crippen molar-refractivity contribution in [3.63, 3.8) is 0 Å². The third-order valence-electron chi connectivity index (χ3n) is 8.17. The smallest absolute Gasteiger partial charge is 0.281 e. The molecule has 0 saturated carbocycles. The molecule has 2 aromatic heterocycles. The summed E-state index contributed by atoms with van der Waals surface area (Å²) in [6.07, 6.45) is 1.81. The molecule has 6 rings (SSSR count). The molecule has 3 aromatic rings. The van der Waals surface area contributed by atoms with Crippen molar-refractivity contribution >= 4 is 28.4 Å². The van der Waals surface area contributed by atoms with Crippen LogP contribution in [0.5, 0.6) is 0 Å². The molecule has 3 aliphatic heterocycles. The molecule has 5 heterocycles. The minimum atomic E-state index is -2.95. The lowest BCUT2D eigenvalue weighted by atomic mass is 10.1. The lowest BCUT2D eigenvalue weighted by molar-refractivity contribution is -0.0327. The zero-order valence-electron chi connectivity index (χ0n) is 23.4. The van der Waals surface area contributed by atoms with Crippen LogP contribution in [-0.2, 0) is 4.74 Å². The molecule has 3 aliphatic rings. The predicted octanol–water partition coefficient (Wildman–Crippen LogP) is 2.40. The largest absolute Gasteiger partial charge is 0.370 e. The molecule has 0 amide bonds. The molecule has 3 atom stereocenters. The molecule has 3 fully saturated rings. The number of morpholine rings is 1. The number of fused-ring (bicyclic) bond motifs is 1. The molecule has 1 unspecified atom stereocenters. The van der Waals surface area contributed by atoms with Crippen LogP contribution in [0.4, 0.5) is 26.2 Å². The SMILES string of the molecule is Cc1cc(N2CCN(C[C@H]3CN(c4ccc(C#N)c5ncccc45)C[C@@H](C)O3)CC2)nc(N2CC(N)C(F)(F)C2)n1. The van der Waals surface area contributed by atoms with E-state index >= 15 is 0 Å². The van der Waals surface area contributed by atoms with Gasteiger partial charge in [-0.15, -0.1) is 0 Å². The summed E-state index contributed by atoms with van der Waals surface area (Å²) in [6, 6.07) is 10.7. The van der Waals surface area contributed by atoms with E-state index in [1.54, 1.807) is 6.20 Å². The van der Waals surface area contributed by atoms with Crippen molar-refractivity contribution in [1.82, 2.24) is 19.9 Å². The molecular weight excluding hydrogens is 528 g/mol. The van der Waals surface area contributed by atoms with Gasteiger partial charge < -0.3 is 25.2 Å². The quantitative estimate of drug-likeness (QED) is 0.497. The van der Waals surface area contributed by atoms with Crippen molar-refractivity contribution < 1.29 is 13.5 Å². The van der Waals surface area contributed by atoms with Crippen molar-refractivity contribution in [2.24, 2.45) is 5.73 Å². The van der Waals surface area contributed by atoms with Crippen LogP contribution in [0.1, 0.15) is 18.2 Å². The molecule has 0 spiro atoms. The van der Waals surface area contributed by atoms with Crippen LogP contribution >= 0.6 is 0 Å². The maximum absolute atomic E-state index is 14.0. The molecule has 3 saturated heterocycles. The number of ether oxygens (including phenoxy) is 1. The number of aryl methyl sites for hydroxylation is 1. The van der Waals surface area contributed by atoms with Gasteiger partial charge in [-0.05, 0) is 38.1 Å². The molecule has 41 heavy (non-hydrogen) atoms. The Kier molecular flexibility index (Phi) is 7.36. The minimum absolute atomic E-state index is 0.0293. The van der Waals surface area contributed by atoms with E-state index in [-0.39, 0.29) is 18.8 Å². The van der Waals surface area contributed by atoms with Crippen LogP contribution in [0.3, 0.4) is 0 Å². The number of piperazine rings is 1. The Hall–Kier alpha value is -3.66. The van der Waals surface area contributed by atoms with E-state index in [0.717, 1.165) is 73.9 Å². The Morgan fingerprint density at radius 1 is 1.07 bits per heavy atom. The van der Waals surface area contributed by atoms with Gasteiger partial charge in [0.25, 0.3) is 5.92 Å². The number of alkyl halides is 2. The number of anilines is 3. The number of halogens is 2. The van der Waals surface area contributed by atoms with E-state index in [1.807, 2.05) is 37.3 Å². The Balaban J connectivity index is 1.10. The van der Waals surface area contributed by atoms with Crippen LogP contribution in [0.15, 0.2) is 36.5 Å². The Bertz CT molecular complexity index is 1460. The number of hydrogen-bond donors (Lipinski definition) is 1. The Morgan fingerprint density at radius 3 is 2.61 bits per heavy atom. The second-order valence-electron chi connectivity index (χ2n) is 11.3. The minimum Gasteiger partial charge on any atom is -0.370 e. The molecule has 10 nitrogen and oxygen atoms in total. The second-order valence-corrected chi connectivity index (χ2v) is 11.3. The first-order chi connectivity index (χ1) is 19.7. The first-order valence-electron chi connectivity index (χ1n) is 14.1. The fraction of sp³-hybridized carbons (Fsp3) is 0.517. The summed E-state index contributed by atoms with van der Waals surface area (Å²) in [5.41, 5.74) is 8.76. The number of hydrogen-bond acceptors (Lipinski definition) is 10. The van der Waals surface area contributed by atoms with Gasteiger partial charge in [0.05, 0.1) is 35.9 Å². The van der Waals surface area contributed by atoms with Gasteiger partial charge in [-0.3, -0.25) is 9.88 Å². The average molecular weight is 564 g/mol. The molecular formula is C29H35F2N9O. The molecule has 2 N–H and O–H groups in total. The second kappa shape index (κ2) is 11.0. The molecule has 0 bridgehead atoms. The van der Waals surface area contributed by atoms with Crippen LogP contribution in [-0.4, -0.2) is 103 Å². The number of aromatic nitrogens is 3. The van der Waals surface area contributed by atoms with Crippen LogP contribution in [0, 0.1) is 18.3 Å². The van der Waals surface area contributed by atoms with Gasteiger partial charge in [-0.1, -0.05) is 0 Å². The van der Waals surface area contributed by atoms with Crippen molar-refractivity contribution in [3.8, 4) is 6.07 Å². The van der Waals surface area contributed by atoms with Gasteiger partial charge in [-0.2, -0.15) is 10.2 Å². The molecule has 216 valence electrons. The summed E-state index contributed by atoms with van der Waals surface area (Å²) in [5.74, 6) is -1.88. The first-order valence-corrected chi connectivity index (χ1v) is 14.1. The van der Waals surface area contributed by atoms with Gasteiger partial charge in [0, 0.05) is 81.4 Å². The van der Waals surface area contributed by atoms with E-state index in [4.69, 9.17) is 10.5 Å². The maximum Gasteiger partial charge on any atom is 0.281 e. The van der Waals surface area contributed by atoms with Gasteiger partial charge in [0.15, 0.2) is 0 Å². The average Bonchev–Trinajstić information content (AvgIpc) is 3.24. The number of nitriles is 1. The molecule has 12 heteroatoms. The molecule has 1 aromatic carbocycles. The zero-order valence-corrected chi connectivity index (χ0v) is 23.4. The highest BCUT2D eigenvalue weighted by Gasteiger charge is 2.47. The summed E-state index contributed by atoms with van der Waals surface area (Å²) >= 11 is 0. The number of pyridine rings is 1. The lowest BCUT2D eigenvalue weighted by Crippen LogP contribution is -2.54. The summed E-state index contributed by atoms with van der Waals surface area (Å²) in [6.45, 7) is 9.06. The van der Waals surface area contributed by atoms with Gasteiger partial charge >= 0.3 is 0 Å². The predicted molar refractivity (Wildman–Crippen MR) is 154 cm³/mol. The Labute approximate surface area is 238 Å². The van der Waals surface area contributed by atoms with Crippen LogP contribution < -0.4 is 20.4 Å². The molecule has 0 radical (unpaired) electrons. The van der Waals surface area contributed by atoms with E-state index in [1.165, 1.54) is 4.90 Å². The summed E-state index contributed by atoms with van der Waals surface area (Å²) < 4.78 is 34.4. The monoisotopic (exact) mass is 563 g/mol. The van der Waals surface area contributed by atoms with Crippen molar-refractivity contribution in [2.75, 3.05) is 73.6 Å². The van der Waals surface area contributed by atoms with Gasteiger partial charge in [0.1, 0.15) is 11.9 Å². The van der Waals surface area contributed by atoms with Crippen LogP contribution in [0.2, 0.25) is 0 Å². The van der Waals surface area contributed by atoms with Crippen molar-refractivity contribution in [3.05, 3.63) is 47.8 Å². The highest BCUT2D eigenvalue weighted by molar-refractivity contribution is 5.95. The third kappa shape index (κ3) is 5.62. The number of rotatable bonds is 5. The maximum atomic E-state index is 14.0. The summed E-state index contributed by atoms with van der Waals surface area (Å²) in [4.78, 5) is 22.0. The van der Waals surface area contributed by atoms with Crippen molar-refractivity contribution in [1.29, 1.82) is 5.26 Å². The van der Waals surface area contributed by atoms with Crippen LogP contribution in [0.25, 0.3) is 10.9 Å². The lowest BCUT2D eigenvalue weighted by Gasteiger charge is -2.42. The van der Waals surface area contributed by atoms with Crippen molar-refractivity contribution in [2.45, 2.75) is 38.0 Å². The fourth-order valence-electron chi connectivity index (χ4n) is 6.11. The number of nitrogens with zero attached hydrogens (tertiary/aromatic N) is 8. The van der Waals surface area contributed by atoms with E-state index < -0.39 is 18.5 Å². The Morgan fingerprint density at radius 2 is 1.88 bits per heavy atom. The zero-order chi connectivity index (χ0) is 28.7. The molecule has 0 aliphatic carbocycles. The first kappa shape index (κ1) is 27.5.